The number of carbonyl (C=O) groups excluding carboxylic acids is 2. The molecule has 0 unspecified atom stereocenters. The van der Waals surface area contributed by atoms with Gasteiger partial charge in [-0.1, -0.05) is 12.1 Å². The maximum Gasteiger partial charge on any atom is 0.331 e. The van der Waals surface area contributed by atoms with E-state index in [-0.39, 0.29) is 4.91 Å². The van der Waals surface area contributed by atoms with Gasteiger partial charge in [-0.05, 0) is 29.5 Å². The number of carbonyl (C=O) groups is 2. The largest absolute Gasteiger partial charge is 0.466 e. The molecule has 27 heavy (non-hydrogen) atoms. The second-order valence-electron chi connectivity index (χ2n) is 5.19. The predicted molar refractivity (Wildman–Crippen MR) is 111 cm³/mol. The van der Waals surface area contributed by atoms with Gasteiger partial charge in [0.05, 0.1) is 18.2 Å². The first-order valence-corrected chi connectivity index (χ1v) is 9.82. The summed E-state index contributed by atoms with van der Waals surface area (Å²) in [4.78, 5) is 25.2. The molecular formula is C17H18Cl2N4O3S. The van der Waals surface area contributed by atoms with Crippen molar-refractivity contribution in [3.05, 3.63) is 40.8 Å². The molecular weight excluding hydrogens is 411 g/mol. The van der Waals surface area contributed by atoms with Crippen molar-refractivity contribution < 1.29 is 14.3 Å². The number of hydrogen-bond acceptors (Lipinski definition) is 7. The number of alkyl halides is 2. The maximum atomic E-state index is 11.7. The fraction of sp³-hybridized carbons (Fsp3) is 0.294. The molecule has 0 bridgehead atoms. The van der Waals surface area contributed by atoms with Crippen LogP contribution in [0.3, 0.4) is 0 Å². The van der Waals surface area contributed by atoms with Gasteiger partial charge in [0, 0.05) is 36.6 Å². The van der Waals surface area contributed by atoms with Gasteiger partial charge in [0.25, 0.3) is 5.91 Å². The highest BCUT2D eigenvalue weighted by molar-refractivity contribution is 8.18. The third-order valence-corrected chi connectivity index (χ3v) is 4.66. The Labute approximate surface area is 171 Å². The van der Waals surface area contributed by atoms with Crippen molar-refractivity contribution in [2.45, 2.75) is 0 Å². The highest BCUT2D eigenvalue weighted by atomic mass is 35.5. The normalized spacial score (nSPS) is 16.9. The number of anilines is 1. The van der Waals surface area contributed by atoms with Crippen molar-refractivity contribution in [1.29, 1.82) is 0 Å². The Bertz CT molecular complexity index is 760. The molecule has 7 nitrogen and oxygen atoms in total. The number of halogens is 2. The molecule has 0 atom stereocenters. The van der Waals surface area contributed by atoms with E-state index in [1.807, 2.05) is 24.3 Å². The first-order valence-electron chi connectivity index (χ1n) is 7.94. The summed E-state index contributed by atoms with van der Waals surface area (Å²) in [5.74, 6) is 0.0260. The highest BCUT2D eigenvalue weighted by Crippen LogP contribution is 2.23. The number of nitrogens with one attached hydrogen (secondary N) is 1. The molecule has 1 aliphatic heterocycles. The van der Waals surface area contributed by atoms with Gasteiger partial charge in [0.1, 0.15) is 0 Å². The zero-order valence-corrected chi connectivity index (χ0v) is 16.9. The SMILES string of the molecule is COC(=O)/C=C1/S/C(=N\N=Cc2ccc(N(CCCl)CCCl)cc2)NC1=O. The number of benzene rings is 1. The van der Waals surface area contributed by atoms with Gasteiger partial charge in [0.2, 0.25) is 0 Å². The first-order chi connectivity index (χ1) is 13.1. The molecule has 0 aromatic heterocycles. The van der Waals surface area contributed by atoms with Gasteiger partial charge in [-0.15, -0.1) is 28.3 Å². The Balaban J connectivity index is 2.00. The number of hydrogen-bond donors (Lipinski definition) is 1. The number of ether oxygens (including phenoxy) is 1. The second kappa shape index (κ2) is 11.0. The molecule has 1 N–H and O–H groups in total. The lowest BCUT2D eigenvalue weighted by Gasteiger charge is -2.22. The van der Waals surface area contributed by atoms with Crippen LogP contribution in [-0.4, -0.2) is 55.2 Å². The zero-order valence-electron chi connectivity index (χ0n) is 14.5. The van der Waals surface area contributed by atoms with Gasteiger partial charge >= 0.3 is 5.97 Å². The summed E-state index contributed by atoms with van der Waals surface area (Å²) >= 11 is 12.7. The summed E-state index contributed by atoms with van der Waals surface area (Å²) in [5, 5.41) is 10.7. The molecule has 0 radical (unpaired) electrons. The summed E-state index contributed by atoms with van der Waals surface area (Å²) in [7, 11) is 1.24. The number of esters is 1. The molecule has 0 saturated carbocycles. The molecule has 0 aliphatic carbocycles. The van der Waals surface area contributed by atoms with Crippen molar-refractivity contribution in [2.75, 3.05) is 36.9 Å². The lowest BCUT2D eigenvalue weighted by atomic mass is 10.2. The van der Waals surface area contributed by atoms with E-state index in [1.54, 1.807) is 6.21 Å². The van der Waals surface area contributed by atoms with E-state index >= 15 is 0 Å². The minimum Gasteiger partial charge on any atom is -0.466 e. The topological polar surface area (TPSA) is 83.4 Å². The quantitative estimate of drug-likeness (QED) is 0.226. The Morgan fingerprint density at radius 2 is 1.93 bits per heavy atom. The molecule has 0 spiro atoms. The lowest BCUT2D eigenvalue weighted by Crippen LogP contribution is -2.27. The summed E-state index contributed by atoms with van der Waals surface area (Å²) in [6, 6.07) is 7.71. The van der Waals surface area contributed by atoms with Crippen molar-refractivity contribution in [2.24, 2.45) is 10.2 Å². The lowest BCUT2D eigenvalue weighted by molar-refractivity contribution is -0.135. The van der Waals surface area contributed by atoms with Crippen LogP contribution < -0.4 is 10.2 Å². The molecule has 1 amide bonds. The fourth-order valence-corrected chi connectivity index (χ4v) is 3.28. The van der Waals surface area contributed by atoms with Crippen LogP contribution in [0.15, 0.2) is 45.4 Å². The third-order valence-electron chi connectivity index (χ3n) is 3.42. The first kappa shape index (κ1) is 21.3. The summed E-state index contributed by atoms with van der Waals surface area (Å²) in [5.41, 5.74) is 1.87. The van der Waals surface area contributed by atoms with Crippen LogP contribution in [0.2, 0.25) is 0 Å². The summed E-state index contributed by atoms with van der Waals surface area (Å²) < 4.78 is 4.50. The predicted octanol–water partition coefficient (Wildman–Crippen LogP) is 2.58. The zero-order chi connectivity index (χ0) is 19.6. The number of nitrogens with zero attached hydrogens (tertiary/aromatic N) is 3. The Hall–Kier alpha value is -2.03. The van der Waals surface area contributed by atoms with Crippen LogP contribution in [-0.2, 0) is 14.3 Å². The van der Waals surface area contributed by atoms with E-state index in [0.717, 1.165) is 29.1 Å². The van der Waals surface area contributed by atoms with E-state index < -0.39 is 11.9 Å². The molecule has 2 rings (SSSR count). The Morgan fingerprint density at radius 1 is 1.26 bits per heavy atom. The van der Waals surface area contributed by atoms with Gasteiger partial charge in [-0.2, -0.15) is 5.10 Å². The number of methoxy groups -OCH3 is 1. The van der Waals surface area contributed by atoms with Gasteiger partial charge < -0.3 is 9.64 Å². The maximum absolute atomic E-state index is 11.7. The number of rotatable bonds is 8. The molecule has 144 valence electrons. The van der Waals surface area contributed by atoms with Crippen LogP contribution in [0.25, 0.3) is 0 Å². The number of amides is 1. The second-order valence-corrected chi connectivity index (χ2v) is 6.98. The molecule has 1 aromatic rings. The Kier molecular flexibility index (Phi) is 8.63. The van der Waals surface area contributed by atoms with Crippen LogP contribution in [0.5, 0.6) is 0 Å². The van der Waals surface area contributed by atoms with E-state index in [9.17, 15) is 9.59 Å². The molecule has 1 heterocycles. The van der Waals surface area contributed by atoms with Crippen LogP contribution in [0.4, 0.5) is 5.69 Å². The molecule has 1 saturated heterocycles. The van der Waals surface area contributed by atoms with Gasteiger partial charge in [-0.25, -0.2) is 4.79 Å². The van der Waals surface area contributed by atoms with E-state index in [2.05, 4.69) is 25.2 Å². The van der Waals surface area contributed by atoms with Crippen LogP contribution in [0.1, 0.15) is 5.56 Å². The number of amidine groups is 1. The third kappa shape index (κ3) is 6.57. The van der Waals surface area contributed by atoms with Crippen molar-refractivity contribution in [3.63, 3.8) is 0 Å². The molecule has 1 aromatic carbocycles. The summed E-state index contributed by atoms with van der Waals surface area (Å²) in [6.07, 6.45) is 2.68. The van der Waals surface area contributed by atoms with E-state index in [0.29, 0.717) is 30.0 Å². The monoisotopic (exact) mass is 428 g/mol. The van der Waals surface area contributed by atoms with Gasteiger partial charge in [-0.3, -0.25) is 10.1 Å². The highest BCUT2D eigenvalue weighted by Gasteiger charge is 2.24. The minimum atomic E-state index is -0.602. The fourth-order valence-electron chi connectivity index (χ4n) is 2.13. The molecule has 10 heteroatoms. The van der Waals surface area contributed by atoms with Crippen molar-refractivity contribution in [1.82, 2.24) is 5.32 Å². The average molecular weight is 429 g/mol. The van der Waals surface area contributed by atoms with E-state index in [1.165, 1.54) is 7.11 Å². The van der Waals surface area contributed by atoms with E-state index in [4.69, 9.17) is 23.2 Å². The Morgan fingerprint density at radius 3 is 2.52 bits per heavy atom. The van der Waals surface area contributed by atoms with Crippen molar-refractivity contribution >= 4 is 63.9 Å². The van der Waals surface area contributed by atoms with Crippen LogP contribution >= 0.6 is 35.0 Å². The standard InChI is InChI=1S/C17H18Cl2N4O3S/c1-26-15(24)10-14-16(25)21-17(27-14)22-20-11-12-2-4-13(5-3-12)23(8-6-18)9-7-19/h2-5,10-11H,6-9H2,1H3,(H,21,22,25)/b14-10+,20-11?. The average Bonchev–Trinajstić information content (AvgIpc) is 3.01. The number of thioether (sulfide) groups is 1. The van der Waals surface area contributed by atoms with Crippen molar-refractivity contribution in [3.8, 4) is 0 Å². The summed E-state index contributed by atoms with van der Waals surface area (Å²) in [6.45, 7) is 1.43. The van der Waals surface area contributed by atoms with Gasteiger partial charge in [0.15, 0.2) is 5.17 Å². The van der Waals surface area contributed by atoms with Crippen LogP contribution in [0, 0.1) is 0 Å². The minimum absolute atomic E-state index is 0.207. The molecule has 1 aliphatic rings. The molecule has 1 fully saturated rings. The smallest absolute Gasteiger partial charge is 0.331 e.